The molecular formula is C18H29N. The highest BCUT2D eigenvalue weighted by Gasteiger charge is 2.23. The van der Waals surface area contributed by atoms with Crippen molar-refractivity contribution in [3.63, 3.8) is 0 Å². The van der Waals surface area contributed by atoms with Crippen molar-refractivity contribution >= 4 is 0 Å². The average Bonchev–Trinajstić information content (AvgIpc) is 2.57. The lowest BCUT2D eigenvalue weighted by atomic mass is 9.78. The van der Waals surface area contributed by atoms with Crippen LogP contribution in [0.1, 0.15) is 82.5 Å². The SMILES string of the molecule is CCC(C)(CC)c1cnc2c(c1)CCCCCCC2. The highest BCUT2D eigenvalue weighted by Crippen LogP contribution is 2.32. The van der Waals surface area contributed by atoms with E-state index in [9.17, 15) is 0 Å². The smallest absolute Gasteiger partial charge is 0.0435 e. The van der Waals surface area contributed by atoms with Crippen LogP contribution >= 0.6 is 0 Å². The summed E-state index contributed by atoms with van der Waals surface area (Å²) in [6.07, 6.45) is 13.8. The number of aryl methyl sites for hydroxylation is 2. The van der Waals surface area contributed by atoms with E-state index in [4.69, 9.17) is 4.98 Å². The van der Waals surface area contributed by atoms with Crippen molar-refractivity contribution in [2.24, 2.45) is 0 Å². The molecule has 0 N–H and O–H groups in total. The van der Waals surface area contributed by atoms with Gasteiger partial charge >= 0.3 is 0 Å². The highest BCUT2D eigenvalue weighted by atomic mass is 14.7. The van der Waals surface area contributed by atoms with Gasteiger partial charge in [0.2, 0.25) is 0 Å². The Kier molecular flexibility index (Phi) is 5.01. The van der Waals surface area contributed by atoms with E-state index >= 15 is 0 Å². The van der Waals surface area contributed by atoms with Crippen molar-refractivity contribution in [2.75, 3.05) is 0 Å². The van der Waals surface area contributed by atoms with E-state index in [0.29, 0.717) is 5.41 Å². The number of nitrogens with zero attached hydrogens (tertiary/aromatic N) is 1. The van der Waals surface area contributed by atoms with Gasteiger partial charge in [-0.2, -0.15) is 0 Å². The van der Waals surface area contributed by atoms with Crippen LogP contribution in [0.5, 0.6) is 0 Å². The maximum absolute atomic E-state index is 4.82. The van der Waals surface area contributed by atoms with Gasteiger partial charge in [0.15, 0.2) is 0 Å². The summed E-state index contributed by atoms with van der Waals surface area (Å²) in [6.45, 7) is 6.97. The van der Waals surface area contributed by atoms with Crippen LogP contribution in [0.3, 0.4) is 0 Å². The first-order chi connectivity index (χ1) is 9.19. The van der Waals surface area contributed by atoms with Gasteiger partial charge in [0.1, 0.15) is 0 Å². The minimum absolute atomic E-state index is 0.306. The standard InChI is InChI=1S/C18H29N/c1-4-18(3,5-2)16-13-15-11-9-7-6-8-10-12-17(15)19-14-16/h13-14H,4-12H2,1-3H3. The molecule has 0 atom stereocenters. The lowest BCUT2D eigenvalue weighted by molar-refractivity contribution is 0.436. The first kappa shape index (κ1) is 14.6. The molecule has 0 saturated carbocycles. The molecule has 0 aliphatic heterocycles. The van der Waals surface area contributed by atoms with E-state index in [1.165, 1.54) is 74.6 Å². The number of fused-ring (bicyclic) bond motifs is 1. The van der Waals surface area contributed by atoms with E-state index in [2.05, 4.69) is 33.0 Å². The zero-order valence-electron chi connectivity index (χ0n) is 13.0. The van der Waals surface area contributed by atoms with Gasteiger partial charge in [-0.25, -0.2) is 0 Å². The van der Waals surface area contributed by atoms with Gasteiger partial charge in [-0.1, -0.05) is 46.1 Å². The van der Waals surface area contributed by atoms with Gasteiger partial charge in [-0.05, 0) is 55.1 Å². The van der Waals surface area contributed by atoms with E-state index in [0.717, 1.165) is 0 Å². The molecule has 0 spiro atoms. The van der Waals surface area contributed by atoms with Gasteiger partial charge in [0, 0.05) is 11.9 Å². The number of pyridine rings is 1. The van der Waals surface area contributed by atoms with Crippen molar-refractivity contribution in [1.82, 2.24) is 4.98 Å². The Balaban J connectivity index is 2.30. The van der Waals surface area contributed by atoms with Crippen molar-refractivity contribution in [1.29, 1.82) is 0 Å². The molecule has 0 saturated heterocycles. The Hall–Kier alpha value is -0.850. The average molecular weight is 259 g/mol. The van der Waals surface area contributed by atoms with Crippen molar-refractivity contribution in [3.05, 3.63) is 29.1 Å². The van der Waals surface area contributed by atoms with Crippen LogP contribution in [0.4, 0.5) is 0 Å². The summed E-state index contributed by atoms with van der Waals surface area (Å²) in [5.41, 5.74) is 4.67. The summed E-state index contributed by atoms with van der Waals surface area (Å²) in [5, 5.41) is 0. The van der Waals surface area contributed by atoms with Crippen LogP contribution in [0.25, 0.3) is 0 Å². The van der Waals surface area contributed by atoms with Crippen LogP contribution in [-0.4, -0.2) is 4.98 Å². The van der Waals surface area contributed by atoms with Crippen LogP contribution in [0.15, 0.2) is 12.3 Å². The second-order valence-corrected chi connectivity index (χ2v) is 6.37. The lowest BCUT2D eigenvalue weighted by Gasteiger charge is -2.28. The second kappa shape index (κ2) is 6.54. The number of hydrogen-bond acceptors (Lipinski definition) is 1. The molecule has 106 valence electrons. The molecule has 2 rings (SSSR count). The molecule has 1 aromatic rings. The minimum atomic E-state index is 0.306. The van der Waals surface area contributed by atoms with E-state index < -0.39 is 0 Å². The van der Waals surface area contributed by atoms with Gasteiger partial charge in [-0.3, -0.25) is 4.98 Å². The first-order valence-corrected chi connectivity index (χ1v) is 8.18. The van der Waals surface area contributed by atoms with Crippen LogP contribution in [-0.2, 0) is 18.3 Å². The fourth-order valence-corrected chi connectivity index (χ4v) is 3.11. The maximum Gasteiger partial charge on any atom is 0.0435 e. The minimum Gasteiger partial charge on any atom is -0.261 e. The van der Waals surface area contributed by atoms with Crippen molar-refractivity contribution in [3.8, 4) is 0 Å². The lowest BCUT2D eigenvalue weighted by Crippen LogP contribution is -2.20. The van der Waals surface area contributed by atoms with Gasteiger partial charge < -0.3 is 0 Å². The Morgan fingerprint density at radius 2 is 1.63 bits per heavy atom. The zero-order chi connectivity index (χ0) is 13.7. The summed E-state index contributed by atoms with van der Waals surface area (Å²) in [4.78, 5) is 4.82. The molecular weight excluding hydrogens is 230 g/mol. The molecule has 1 aromatic heterocycles. The van der Waals surface area contributed by atoms with Gasteiger partial charge in [0.05, 0.1) is 0 Å². The summed E-state index contributed by atoms with van der Waals surface area (Å²) >= 11 is 0. The summed E-state index contributed by atoms with van der Waals surface area (Å²) in [6, 6.07) is 2.47. The fourth-order valence-electron chi connectivity index (χ4n) is 3.11. The molecule has 0 bridgehead atoms. The second-order valence-electron chi connectivity index (χ2n) is 6.37. The predicted octanol–water partition coefficient (Wildman–Crippen LogP) is 5.21. The number of hydrogen-bond donors (Lipinski definition) is 0. The van der Waals surface area contributed by atoms with Gasteiger partial charge in [0.25, 0.3) is 0 Å². The number of rotatable bonds is 3. The Morgan fingerprint density at radius 3 is 2.32 bits per heavy atom. The van der Waals surface area contributed by atoms with Crippen LogP contribution in [0, 0.1) is 0 Å². The van der Waals surface area contributed by atoms with Crippen molar-refractivity contribution < 1.29 is 0 Å². The molecule has 1 aliphatic carbocycles. The van der Waals surface area contributed by atoms with Crippen LogP contribution < -0.4 is 0 Å². The summed E-state index contributed by atoms with van der Waals surface area (Å²) < 4.78 is 0. The number of aromatic nitrogens is 1. The molecule has 19 heavy (non-hydrogen) atoms. The molecule has 0 radical (unpaired) electrons. The normalized spacial score (nSPS) is 17.2. The molecule has 1 heterocycles. The first-order valence-electron chi connectivity index (χ1n) is 8.18. The molecule has 1 aliphatic rings. The van der Waals surface area contributed by atoms with E-state index in [1.807, 2.05) is 0 Å². The largest absolute Gasteiger partial charge is 0.261 e. The van der Waals surface area contributed by atoms with Crippen molar-refractivity contribution in [2.45, 2.75) is 84.0 Å². The maximum atomic E-state index is 4.82. The molecule has 0 unspecified atom stereocenters. The third-order valence-electron chi connectivity index (χ3n) is 5.18. The van der Waals surface area contributed by atoms with E-state index in [1.54, 1.807) is 0 Å². The Morgan fingerprint density at radius 1 is 1.00 bits per heavy atom. The molecule has 0 amide bonds. The fraction of sp³-hybridized carbons (Fsp3) is 0.722. The monoisotopic (exact) mass is 259 g/mol. The Bertz CT molecular complexity index is 404. The zero-order valence-corrected chi connectivity index (χ0v) is 13.0. The molecule has 1 nitrogen and oxygen atoms in total. The third kappa shape index (κ3) is 3.38. The molecule has 1 heteroatoms. The topological polar surface area (TPSA) is 12.9 Å². The summed E-state index contributed by atoms with van der Waals surface area (Å²) in [7, 11) is 0. The highest BCUT2D eigenvalue weighted by molar-refractivity contribution is 5.30. The molecule has 0 aromatic carbocycles. The Labute approximate surface area is 118 Å². The molecule has 0 fully saturated rings. The third-order valence-corrected chi connectivity index (χ3v) is 5.18. The van der Waals surface area contributed by atoms with E-state index in [-0.39, 0.29) is 0 Å². The summed E-state index contributed by atoms with van der Waals surface area (Å²) in [5.74, 6) is 0. The van der Waals surface area contributed by atoms with Gasteiger partial charge in [-0.15, -0.1) is 0 Å². The quantitative estimate of drug-likeness (QED) is 0.726. The van der Waals surface area contributed by atoms with Crippen LogP contribution in [0.2, 0.25) is 0 Å². The predicted molar refractivity (Wildman–Crippen MR) is 82.7 cm³/mol.